The monoisotopic (exact) mass is 456 g/mol. The van der Waals surface area contributed by atoms with Crippen LogP contribution in [0, 0.1) is 20.8 Å². The van der Waals surface area contributed by atoms with Crippen molar-refractivity contribution in [2.45, 2.75) is 32.2 Å². The van der Waals surface area contributed by atoms with Gasteiger partial charge in [-0.25, -0.2) is 8.42 Å². The molecule has 0 atom stereocenters. The van der Waals surface area contributed by atoms with Gasteiger partial charge in [0.25, 0.3) is 0 Å². The van der Waals surface area contributed by atoms with E-state index in [2.05, 4.69) is 5.32 Å². The lowest BCUT2D eigenvalue weighted by molar-refractivity contribution is -0.116. The Labute approximate surface area is 188 Å². The van der Waals surface area contributed by atoms with E-state index in [4.69, 9.17) is 11.6 Å². The number of carbonyl (C=O) groups is 1. The third kappa shape index (κ3) is 6.17. The van der Waals surface area contributed by atoms with E-state index in [0.29, 0.717) is 16.3 Å². The summed E-state index contributed by atoms with van der Waals surface area (Å²) in [5.41, 5.74) is 4.31. The number of carbonyl (C=O) groups excluding carboxylic acids is 1. The van der Waals surface area contributed by atoms with E-state index in [0.717, 1.165) is 16.7 Å². The highest BCUT2D eigenvalue weighted by atomic mass is 35.5. The van der Waals surface area contributed by atoms with E-state index >= 15 is 0 Å². The van der Waals surface area contributed by atoms with Crippen molar-refractivity contribution in [1.29, 1.82) is 0 Å². The Hall–Kier alpha value is -2.67. The molecule has 0 unspecified atom stereocenters. The third-order valence-corrected chi connectivity index (χ3v) is 6.77. The summed E-state index contributed by atoms with van der Waals surface area (Å²) in [4.78, 5) is 12.9. The molecule has 0 bridgehead atoms. The quantitative estimate of drug-likeness (QED) is 0.538. The number of aryl methyl sites for hydroxylation is 3. The largest absolute Gasteiger partial charge is 0.325 e. The lowest BCUT2D eigenvalue weighted by Gasteiger charge is -2.22. The average molecular weight is 457 g/mol. The zero-order valence-electron chi connectivity index (χ0n) is 17.7. The Bertz CT molecular complexity index is 1170. The number of nitrogens with zero attached hydrogens (tertiary/aromatic N) is 1. The molecule has 1 N–H and O–H groups in total. The van der Waals surface area contributed by atoms with E-state index in [9.17, 15) is 13.2 Å². The Kier molecular flexibility index (Phi) is 7.15. The Morgan fingerprint density at radius 1 is 0.903 bits per heavy atom. The van der Waals surface area contributed by atoms with E-state index in [-0.39, 0.29) is 18.0 Å². The second-order valence-electron chi connectivity index (χ2n) is 7.64. The minimum Gasteiger partial charge on any atom is -0.325 e. The van der Waals surface area contributed by atoms with Gasteiger partial charge in [0, 0.05) is 17.3 Å². The molecule has 1 amide bonds. The SMILES string of the molecule is Cc1ccc(S(=O)(=O)N(CC(=O)Nc2cc(C)cc(C)c2)Cc2cccc(Cl)c2)cc1. The van der Waals surface area contributed by atoms with Crippen molar-refractivity contribution in [3.05, 3.63) is 94.0 Å². The van der Waals surface area contributed by atoms with Crippen LogP contribution in [0.5, 0.6) is 0 Å². The number of hydrogen-bond donors (Lipinski definition) is 1. The molecular weight excluding hydrogens is 432 g/mol. The molecule has 0 saturated carbocycles. The number of hydrogen-bond acceptors (Lipinski definition) is 3. The third-order valence-electron chi connectivity index (χ3n) is 4.73. The molecule has 3 rings (SSSR count). The van der Waals surface area contributed by atoms with Crippen LogP contribution in [0.1, 0.15) is 22.3 Å². The Morgan fingerprint density at radius 2 is 1.55 bits per heavy atom. The lowest BCUT2D eigenvalue weighted by atomic mass is 10.1. The van der Waals surface area contributed by atoms with Crippen LogP contribution in [0.25, 0.3) is 0 Å². The summed E-state index contributed by atoms with van der Waals surface area (Å²) in [5, 5.41) is 3.32. The van der Waals surface area contributed by atoms with E-state index in [1.807, 2.05) is 39.0 Å². The van der Waals surface area contributed by atoms with E-state index < -0.39 is 15.9 Å². The van der Waals surface area contributed by atoms with Crippen molar-refractivity contribution < 1.29 is 13.2 Å². The van der Waals surface area contributed by atoms with Crippen LogP contribution in [0.3, 0.4) is 0 Å². The molecule has 0 aromatic heterocycles. The number of sulfonamides is 1. The predicted molar refractivity (Wildman–Crippen MR) is 125 cm³/mol. The molecule has 7 heteroatoms. The molecule has 3 aromatic rings. The molecule has 5 nitrogen and oxygen atoms in total. The van der Waals surface area contributed by atoms with Gasteiger partial charge in [0.15, 0.2) is 0 Å². The number of benzene rings is 3. The van der Waals surface area contributed by atoms with Gasteiger partial charge in [0.1, 0.15) is 0 Å². The van der Waals surface area contributed by atoms with Crippen LogP contribution in [0.2, 0.25) is 5.02 Å². The van der Waals surface area contributed by atoms with Gasteiger partial charge in [-0.05, 0) is 73.9 Å². The fourth-order valence-electron chi connectivity index (χ4n) is 3.33. The number of halogens is 1. The molecule has 0 fully saturated rings. The zero-order chi connectivity index (χ0) is 22.6. The van der Waals surface area contributed by atoms with Crippen LogP contribution in [-0.4, -0.2) is 25.2 Å². The fraction of sp³-hybridized carbons (Fsp3) is 0.208. The number of nitrogens with one attached hydrogen (secondary N) is 1. The molecule has 0 saturated heterocycles. The van der Waals surface area contributed by atoms with E-state index in [1.54, 1.807) is 48.5 Å². The van der Waals surface area contributed by atoms with Crippen molar-refractivity contribution in [1.82, 2.24) is 4.31 Å². The van der Waals surface area contributed by atoms with Gasteiger partial charge in [0.05, 0.1) is 11.4 Å². The summed E-state index contributed by atoms with van der Waals surface area (Å²) in [7, 11) is -3.90. The summed E-state index contributed by atoms with van der Waals surface area (Å²) >= 11 is 6.07. The normalized spacial score (nSPS) is 11.5. The number of anilines is 1. The molecule has 31 heavy (non-hydrogen) atoms. The van der Waals surface area contributed by atoms with Crippen molar-refractivity contribution in [2.24, 2.45) is 0 Å². The second kappa shape index (κ2) is 9.64. The summed E-state index contributed by atoms with van der Waals surface area (Å²) in [6.07, 6.45) is 0. The molecule has 0 aliphatic rings. The molecule has 3 aromatic carbocycles. The van der Waals surface area contributed by atoms with Crippen LogP contribution in [0.15, 0.2) is 71.6 Å². The van der Waals surface area contributed by atoms with Gasteiger partial charge in [-0.2, -0.15) is 4.31 Å². The number of amides is 1. The van der Waals surface area contributed by atoms with Crippen LogP contribution < -0.4 is 5.32 Å². The van der Waals surface area contributed by atoms with Gasteiger partial charge in [-0.3, -0.25) is 4.79 Å². The molecule has 0 radical (unpaired) electrons. The van der Waals surface area contributed by atoms with Gasteiger partial charge in [-0.1, -0.05) is 47.5 Å². The maximum absolute atomic E-state index is 13.3. The van der Waals surface area contributed by atoms with Crippen molar-refractivity contribution in [3.8, 4) is 0 Å². The standard InChI is InChI=1S/C24H25ClN2O3S/c1-17-7-9-23(10-8-17)31(29,30)27(15-20-5-4-6-21(25)14-20)16-24(28)26-22-12-18(2)11-19(3)13-22/h4-14H,15-16H2,1-3H3,(H,26,28). The highest BCUT2D eigenvalue weighted by Gasteiger charge is 2.27. The highest BCUT2D eigenvalue weighted by molar-refractivity contribution is 7.89. The first kappa shape index (κ1) is 23.0. The number of rotatable bonds is 7. The van der Waals surface area contributed by atoms with E-state index in [1.165, 1.54) is 4.31 Å². The molecule has 0 aliphatic heterocycles. The fourth-order valence-corrected chi connectivity index (χ4v) is 4.93. The maximum Gasteiger partial charge on any atom is 0.243 e. The van der Waals surface area contributed by atoms with Crippen molar-refractivity contribution >= 4 is 33.2 Å². The first-order chi connectivity index (χ1) is 14.6. The molecule has 162 valence electrons. The van der Waals surface area contributed by atoms with Crippen molar-refractivity contribution in [2.75, 3.05) is 11.9 Å². The summed E-state index contributed by atoms with van der Waals surface area (Å²) in [6, 6.07) is 19.2. The van der Waals surface area contributed by atoms with Crippen LogP contribution in [-0.2, 0) is 21.4 Å². The first-order valence-electron chi connectivity index (χ1n) is 9.83. The topological polar surface area (TPSA) is 66.5 Å². The minimum atomic E-state index is -3.90. The van der Waals surface area contributed by atoms with Gasteiger partial charge < -0.3 is 5.32 Å². The average Bonchev–Trinajstić information content (AvgIpc) is 2.67. The van der Waals surface area contributed by atoms with Crippen molar-refractivity contribution in [3.63, 3.8) is 0 Å². The minimum absolute atomic E-state index is 0.0248. The molecule has 0 aliphatic carbocycles. The lowest BCUT2D eigenvalue weighted by Crippen LogP contribution is -2.37. The van der Waals surface area contributed by atoms with Gasteiger partial charge in [0.2, 0.25) is 15.9 Å². The van der Waals surface area contributed by atoms with Crippen LogP contribution in [0.4, 0.5) is 5.69 Å². The molecule has 0 heterocycles. The van der Waals surface area contributed by atoms with Crippen LogP contribution >= 0.6 is 11.6 Å². The van der Waals surface area contributed by atoms with Gasteiger partial charge in [-0.15, -0.1) is 0 Å². The Morgan fingerprint density at radius 3 is 2.16 bits per heavy atom. The zero-order valence-corrected chi connectivity index (χ0v) is 19.3. The summed E-state index contributed by atoms with van der Waals surface area (Å²) in [5.74, 6) is -0.414. The highest BCUT2D eigenvalue weighted by Crippen LogP contribution is 2.21. The summed E-state index contributed by atoms with van der Waals surface area (Å²) in [6.45, 7) is 5.47. The van der Waals surface area contributed by atoms with Gasteiger partial charge >= 0.3 is 0 Å². The smallest absolute Gasteiger partial charge is 0.243 e. The molecule has 0 spiro atoms. The predicted octanol–water partition coefficient (Wildman–Crippen LogP) is 5.09. The second-order valence-corrected chi connectivity index (χ2v) is 10.0. The maximum atomic E-state index is 13.3. The molecular formula is C24H25ClN2O3S. The first-order valence-corrected chi connectivity index (χ1v) is 11.6. The summed E-state index contributed by atoms with van der Waals surface area (Å²) < 4.78 is 27.9. The Balaban J connectivity index is 1.89.